The molecule has 0 radical (unpaired) electrons. The molecule has 0 amide bonds. The van der Waals surface area contributed by atoms with E-state index in [0.717, 1.165) is 13.1 Å². The molecular formula is C15H24ClN3. The molecule has 0 aliphatic carbocycles. The van der Waals surface area contributed by atoms with Gasteiger partial charge in [-0.2, -0.15) is 0 Å². The maximum Gasteiger partial charge on any atom is 0.129 e. The van der Waals surface area contributed by atoms with Gasteiger partial charge >= 0.3 is 0 Å². The lowest BCUT2D eigenvalue weighted by Crippen LogP contribution is -2.32. The fourth-order valence-electron chi connectivity index (χ4n) is 2.64. The van der Waals surface area contributed by atoms with E-state index < -0.39 is 0 Å². The second kappa shape index (κ2) is 7.83. The molecule has 1 aromatic rings. The van der Waals surface area contributed by atoms with E-state index in [9.17, 15) is 0 Å². The number of rotatable bonds is 6. The molecule has 1 saturated heterocycles. The summed E-state index contributed by atoms with van der Waals surface area (Å²) in [4.78, 5) is 9.07. The maximum absolute atomic E-state index is 5.79. The van der Waals surface area contributed by atoms with Gasteiger partial charge in [-0.15, -0.1) is 0 Å². The van der Waals surface area contributed by atoms with Crippen LogP contribution < -0.4 is 0 Å². The van der Waals surface area contributed by atoms with Crippen LogP contribution in [-0.2, 0) is 6.54 Å². The van der Waals surface area contributed by atoms with E-state index in [1.54, 1.807) is 0 Å². The molecule has 0 N–H and O–H groups in total. The highest BCUT2D eigenvalue weighted by atomic mass is 35.5. The van der Waals surface area contributed by atoms with Crippen LogP contribution in [0.1, 0.15) is 31.2 Å². The smallest absolute Gasteiger partial charge is 0.129 e. The van der Waals surface area contributed by atoms with E-state index in [1.807, 2.05) is 12.3 Å². The summed E-state index contributed by atoms with van der Waals surface area (Å²) in [6, 6.07) is 3.91. The van der Waals surface area contributed by atoms with E-state index in [-0.39, 0.29) is 0 Å². The molecule has 1 aromatic heterocycles. The van der Waals surface area contributed by atoms with Gasteiger partial charge in [-0.05, 0) is 64.1 Å². The average Bonchev–Trinajstić information content (AvgIpc) is 2.43. The first-order valence-electron chi connectivity index (χ1n) is 7.25. The Labute approximate surface area is 121 Å². The molecule has 0 unspecified atom stereocenters. The highest BCUT2D eigenvalue weighted by Crippen LogP contribution is 2.10. The van der Waals surface area contributed by atoms with Gasteiger partial charge in [0.2, 0.25) is 0 Å². The summed E-state index contributed by atoms with van der Waals surface area (Å²) < 4.78 is 0. The summed E-state index contributed by atoms with van der Waals surface area (Å²) in [5.41, 5.74) is 1.23. The average molecular weight is 282 g/mol. The van der Waals surface area contributed by atoms with Crippen molar-refractivity contribution in [3.8, 4) is 0 Å². The van der Waals surface area contributed by atoms with Crippen LogP contribution in [-0.4, -0.2) is 48.0 Å². The van der Waals surface area contributed by atoms with E-state index in [2.05, 4.69) is 27.9 Å². The van der Waals surface area contributed by atoms with Crippen molar-refractivity contribution in [1.29, 1.82) is 0 Å². The number of nitrogens with zero attached hydrogens (tertiary/aromatic N) is 3. The largest absolute Gasteiger partial charge is 0.303 e. The first-order chi connectivity index (χ1) is 9.24. The molecule has 0 saturated carbocycles. The Morgan fingerprint density at radius 1 is 1.26 bits per heavy atom. The van der Waals surface area contributed by atoms with Gasteiger partial charge in [0.05, 0.1) is 0 Å². The van der Waals surface area contributed by atoms with Gasteiger partial charge in [0.1, 0.15) is 5.15 Å². The SMILES string of the molecule is CN(CCCN1CCCCC1)Cc1ccc(Cl)nc1. The number of likely N-dealkylation sites (tertiary alicyclic amines) is 1. The third-order valence-corrected chi connectivity index (χ3v) is 3.93. The van der Waals surface area contributed by atoms with Crippen molar-refractivity contribution in [2.75, 3.05) is 33.2 Å². The van der Waals surface area contributed by atoms with Crippen molar-refractivity contribution >= 4 is 11.6 Å². The molecule has 0 aromatic carbocycles. The molecule has 4 heteroatoms. The molecule has 2 heterocycles. The second-order valence-corrected chi connectivity index (χ2v) is 5.87. The Morgan fingerprint density at radius 3 is 2.74 bits per heavy atom. The number of halogens is 1. The Kier molecular flexibility index (Phi) is 6.08. The molecule has 2 rings (SSSR count). The zero-order chi connectivity index (χ0) is 13.5. The quantitative estimate of drug-likeness (QED) is 0.747. The highest BCUT2D eigenvalue weighted by Gasteiger charge is 2.09. The van der Waals surface area contributed by atoms with E-state index in [1.165, 1.54) is 50.9 Å². The lowest BCUT2D eigenvalue weighted by molar-refractivity contribution is 0.210. The van der Waals surface area contributed by atoms with Crippen molar-refractivity contribution < 1.29 is 0 Å². The van der Waals surface area contributed by atoms with Crippen LogP contribution in [0, 0.1) is 0 Å². The summed E-state index contributed by atoms with van der Waals surface area (Å²) in [7, 11) is 2.17. The number of aromatic nitrogens is 1. The Bertz CT molecular complexity index is 360. The van der Waals surface area contributed by atoms with E-state index >= 15 is 0 Å². The minimum absolute atomic E-state index is 0.566. The minimum atomic E-state index is 0.566. The monoisotopic (exact) mass is 281 g/mol. The zero-order valence-electron chi connectivity index (χ0n) is 11.8. The first-order valence-corrected chi connectivity index (χ1v) is 7.63. The Balaban J connectivity index is 1.63. The first kappa shape index (κ1) is 14.8. The number of hydrogen-bond donors (Lipinski definition) is 0. The Morgan fingerprint density at radius 2 is 2.05 bits per heavy atom. The molecule has 0 spiro atoms. The standard InChI is InChI=1S/C15H24ClN3/c1-18(13-14-6-7-15(16)17-12-14)8-5-11-19-9-3-2-4-10-19/h6-7,12H,2-5,8-11,13H2,1H3. The Hall–Kier alpha value is -0.640. The molecule has 3 nitrogen and oxygen atoms in total. The third-order valence-electron chi connectivity index (χ3n) is 3.70. The number of pyridine rings is 1. The van der Waals surface area contributed by atoms with Crippen molar-refractivity contribution in [2.24, 2.45) is 0 Å². The molecule has 0 bridgehead atoms. The molecule has 1 fully saturated rings. The van der Waals surface area contributed by atoms with Gasteiger partial charge in [-0.3, -0.25) is 0 Å². The summed E-state index contributed by atoms with van der Waals surface area (Å²) in [6.07, 6.45) is 7.29. The topological polar surface area (TPSA) is 19.4 Å². The van der Waals surface area contributed by atoms with Gasteiger partial charge in [0.25, 0.3) is 0 Å². The summed E-state index contributed by atoms with van der Waals surface area (Å²) in [5.74, 6) is 0. The fourth-order valence-corrected chi connectivity index (χ4v) is 2.75. The van der Waals surface area contributed by atoms with Crippen molar-refractivity contribution in [3.63, 3.8) is 0 Å². The minimum Gasteiger partial charge on any atom is -0.303 e. The van der Waals surface area contributed by atoms with Crippen molar-refractivity contribution in [2.45, 2.75) is 32.2 Å². The van der Waals surface area contributed by atoms with Gasteiger partial charge in [0.15, 0.2) is 0 Å². The van der Waals surface area contributed by atoms with Crippen LogP contribution >= 0.6 is 11.6 Å². The number of piperidine rings is 1. The lowest BCUT2D eigenvalue weighted by Gasteiger charge is -2.27. The lowest BCUT2D eigenvalue weighted by atomic mass is 10.1. The summed E-state index contributed by atoms with van der Waals surface area (Å²) in [6.45, 7) is 5.92. The molecule has 0 atom stereocenters. The van der Waals surface area contributed by atoms with Gasteiger partial charge in [-0.1, -0.05) is 24.1 Å². The molecule has 19 heavy (non-hydrogen) atoms. The summed E-state index contributed by atoms with van der Waals surface area (Å²) in [5, 5.41) is 0.566. The van der Waals surface area contributed by atoms with Crippen molar-refractivity contribution in [1.82, 2.24) is 14.8 Å². The molecular weight excluding hydrogens is 258 g/mol. The van der Waals surface area contributed by atoms with Crippen LogP contribution in [0.5, 0.6) is 0 Å². The van der Waals surface area contributed by atoms with E-state index in [0.29, 0.717) is 5.15 Å². The maximum atomic E-state index is 5.79. The van der Waals surface area contributed by atoms with Crippen LogP contribution in [0.3, 0.4) is 0 Å². The fraction of sp³-hybridized carbons (Fsp3) is 0.667. The van der Waals surface area contributed by atoms with Crippen LogP contribution in [0.15, 0.2) is 18.3 Å². The molecule has 1 aliphatic heterocycles. The van der Waals surface area contributed by atoms with Gasteiger partial charge < -0.3 is 9.80 Å². The van der Waals surface area contributed by atoms with Gasteiger partial charge in [0, 0.05) is 12.7 Å². The van der Waals surface area contributed by atoms with Crippen molar-refractivity contribution in [3.05, 3.63) is 29.0 Å². The number of hydrogen-bond acceptors (Lipinski definition) is 3. The zero-order valence-corrected chi connectivity index (χ0v) is 12.6. The molecule has 106 valence electrons. The third kappa shape index (κ3) is 5.47. The molecule has 1 aliphatic rings. The van der Waals surface area contributed by atoms with Gasteiger partial charge in [-0.25, -0.2) is 4.98 Å². The normalized spacial score (nSPS) is 17.0. The van der Waals surface area contributed by atoms with Crippen LogP contribution in [0.4, 0.5) is 0 Å². The van der Waals surface area contributed by atoms with Crippen LogP contribution in [0.2, 0.25) is 5.15 Å². The highest BCUT2D eigenvalue weighted by molar-refractivity contribution is 6.29. The predicted molar refractivity (Wildman–Crippen MR) is 80.5 cm³/mol. The van der Waals surface area contributed by atoms with Crippen LogP contribution in [0.25, 0.3) is 0 Å². The second-order valence-electron chi connectivity index (χ2n) is 5.48. The summed E-state index contributed by atoms with van der Waals surface area (Å²) >= 11 is 5.79. The predicted octanol–water partition coefficient (Wildman–Crippen LogP) is 3.04. The van der Waals surface area contributed by atoms with E-state index in [4.69, 9.17) is 11.6 Å².